The number of amides is 1. The highest BCUT2D eigenvalue weighted by Crippen LogP contribution is 2.69. The molecule has 2 saturated carbocycles. The number of ketones is 1. The van der Waals surface area contributed by atoms with Crippen molar-refractivity contribution in [2.45, 2.75) is 46.6 Å². The molecule has 2 aromatic rings. The molecule has 2 bridgehead atoms. The topological polar surface area (TPSA) is 105 Å². The summed E-state index contributed by atoms with van der Waals surface area (Å²) < 4.78 is 0. The SMILES string of the molecule is CC12CCC(C(=O)N3CCc4ccccc4C3)(C(=O)C1=NNc1ccc([N+](=O)[O-])cc1)C2(C)C. The van der Waals surface area contributed by atoms with Crippen LogP contribution in [0.5, 0.6) is 0 Å². The number of nitro benzene ring substituents is 1. The third-order valence-corrected chi connectivity index (χ3v) is 8.73. The van der Waals surface area contributed by atoms with E-state index in [1.807, 2.05) is 43.9 Å². The molecule has 2 fully saturated rings. The van der Waals surface area contributed by atoms with Crippen molar-refractivity contribution >= 4 is 28.8 Å². The van der Waals surface area contributed by atoms with Gasteiger partial charge < -0.3 is 4.90 Å². The molecule has 2 aliphatic carbocycles. The first-order valence-corrected chi connectivity index (χ1v) is 11.6. The van der Waals surface area contributed by atoms with Gasteiger partial charge in [-0.15, -0.1) is 0 Å². The fourth-order valence-electron chi connectivity index (χ4n) is 6.16. The third-order valence-electron chi connectivity index (χ3n) is 8.73. The summed E-state index contributed by atoms with van der Waals surface area (Å²) in [5.41, 5.74) is 3.91. The Balaban J connectivity index is 1.45. The second kappa shape index (κ2) is 7.48. The van der Waals surface area contributed by atoms with E-state index in [9.17, 15) is 19.7 Å². The van der Waals surface area contributed by atoms with Gasteiger partial charge >= 0.3 is 0 Å². The predicted octanol–water partition coefficient (Wildman–Crippen LogP) is 4.34. The number of rotatable bonds is 4. The lowest BCUT2D eigenvalue weighted by atomic mass is 9.64. The van der Waals surface area contributed by atoms with Crippen molar-refractivity contribution in [2.75, 3.05) is 12.0 Å². The number of hydrogen-bond acceptors (Lipinski definition) is 6. The molecular formula is C26H28N4O4. The number of anilines is 1. The predicted molar refractivity (Wildman–Crippen MR) is 128 cm³/mol. The molecular weight excluding hydrogens is 432 g/mol. The molecule has 8 nitrogen and oxygen atoms in total. The van der Waals surface area contributed by atoms with Gasteiger partial charge in [0.05, 0.1) is 10.6 Å². The number of fused-ring (bicyclic) bond motifs is 3. The van der Waals surface area contributed by atoms with E-state index in [1.54, 1.807) is 12.1 Å². The smallest absolute Gasteiger partial charge is 0.269 e. The summed E-state index contributed by atoms with van der Waals surface area (Å²) in [6.07, 6.45) is 2.00. The van der Waals surface area contributed by atoms with Crippen LogP contribution in [0.3, 0.4) is 0 Å². The number of carbonyl (C=O) groups is 2. The zero-order valence-electron chi connectivity index (χ0n) is 19.6. The van der Waals surface area contributed by atoms with E-state index in [-0.39, 0.29) is 17.4 Å². The fourth-order valence-corrected chi connectivity index (χ4v) is 6.16. The van der Waals surface area contributed by atoms with Gasteiger partial charge in [-0.1, -0.05) is 45.0 Å². The zero-order chi connectivity index (χ0) is 24.3. The third kappa shape index (κ3) is 2.87. The van der Waals surface area contributed by atoms with Gasteiger partial charge in [-0.25, -0.2) is 0 Å². The summed E-state index contributed by atoms with van der Waals surface area (Å²) in [4.78, 5) is 40.2. The molecule has 34 heavy (non-hydrogen) atoms. The average Bonchev–Trinajstić information content (AvgIpc) is 3.11. The molecule has 0 saturated heterocycles. The molecule has 1 N–H and O–H groups in total. The molecule has 2 atom stereocenters. The number of benzene rings is 2. The zero-order valence-corrected chi connectivity index (χ0v) is 19.6. The number of carbonyl (C=O) groups excluding carboxylic acids is 2. The minimum Gasteiger partial charge on any atom is -0.337 e. The number of nitrogens with one attached hydrogen (secondary N) is 1. The number of hydrazone groups is 1. The van der Waals surface area contributed by atoms with Gasteiger partial charge in [-0.05, 0) is 47.9 Å². The quantitative estimate of drug-likeness (QED) is 0.415. The van der Waals surface area contributed by atoms with Crippen LogP contribution in [-0.4, -0.2) is 33.8 Å². The van der Waals surface area contributed by atoms with Crippen molar-refractivity contribution in [3.8, 4) is 0 Å². The largest absolute Gasteiger partial charge is 0.337 e. The second-order valence-electron chi connectivity index (χ2n) is 10.3. The van der Waals surface area contributed by atoms with Crippen LogP contribution in [0.1, 0.15) is 44.7 Å². The molecule has 0 aromatic heterocycles. The molecule has 2 aromatic carbocycles. The first-order chi connectivity index (χ1) is 16.1. The van der Waals surface area contributed by atoms with Crippen molar-refractivity contribution in [3.63, 3.8) is 0 Å². The van der Waals surface area contributed by atoms with Crippen LogP contribution in [0, 0.1) is 26.4 Å². The number of nitrogens with zero attached hydrogens (tertiary/aromatic N) is 3. The highest BCUT2D eigenvalue weighted by atomic mass is 16.6. The van der Waals surface area contributed by atoms with E-state index < -0.39 is 21.2 Å². The Morgan fingerprint density at radius 2 is 1.74 bits per heavy atom. The summed E-state index contributed by atoms with van der Waals surface area (Å²) in [6, 6.07) is 14.0. The van der Waals surface area contributed by atoms with Gasteiger partial charge in [0, 0.05) is 30.6 Å². The van der Waals surface area contributed by atoms with Gasteiger partial charge in [-0.3, -0.25) is 25.1 Å². The number of non-ortho nitro benzene ring substituents is 1. The Morgan fingerprint density at radius 3 is 2.41 bits per heavy atom. The van der Waals surface area contributed by atoms with E-state index in [2.05, 4.69) is 16.6 Å². The van der Waals surface area contributed by atoms with Crippen LogP contribution in [0.25, 0.3) is 0 Å². The minimum atomic E-state index is -1.13. The van der Waals surface area contributed by atoms with Crippen molar-refractivity contribution in [3.05, 3.63) is 69.8 Å². The summed E-state index contributed by atoms with van der Waals surface area (Å²) >= 11 is 0. The van der Waals surface area contributed by atoms with Crippen LogP contribution in [0.15, 0.2) is 53.6 Å². The Morgan fingerprint density at radius 1 is 1.06 bits per heavy atom. The first kappa shape index (κ1) is 22.3. The molecule has 1 amide bonds. The maximum Gasteiger partial charge on any atom is 0.269 e. The van der Waals surface area contributed by atoms with Gasteiger partial charge in [0.15, 0.2) is 5.78 Å². The van der Waals surface area contributed by atoms with Crippen LogP contribution >= 0.6 is 0 Å². The van der Waals surface area contributed by atoms with E-state index in [0.29, 0.717) is 37.3 Å². The van der Waals surface area contributed by atoms with Gasteiger partial charge in [0.25, 0.3) is 5.69 Å². The van der Waals surface area contributed by atoms with Crippen LogP contribution in [-0.2, 0) is 22.6 Å². The highest BCUT2D eigenvalue weighted by molar-refractivity contribution is 6.50. The molecule has 1 aliphatic heterocycles. The Bertz CT molecular complexity index is 1240. The van der Waals surface area contributed by atoms with Crippen LogP contribution in [0.4, 0.5) is 11.4 Å². The van der Waals surface area contributed by atoms with Crippen molar-refractivity contribution in [1.29, 1.82) is 0 Å². The molecule has 0 spiro atoms. The van der Waals surface area contributed by atoms with Crippen molar-refractivity contribution < 1.29 is 14.5 Å². The van der Waals surface area contributed by atoms with E-state index in [1.165, 1.54) is 17.7 Å². The molecule has 1 heterocycles. The molecule has 2 unspecified atom stereocenters. The van der Waals surface area contributed by atoms with Crippen LogP contribution < -0.4 is 5.43 Å². The molecule has 3 aliphatic rings. The van der Waals surface area contributed by atoms with Crippen LogP contribution in [0.2, 0.25) is 0 Å². The summed E-state index contributed by atoms with van der Waals surface area (Å²) in [6.45, 7) is 7.18. The van der Waals surface area contributed by atoms with E-state index in [0.717, 1.165) is 12.0 Å². The lowest BCUT2D eigenvalue weighted by molar-refractivity contribution is -0.384. The number of hydrogen-bond donors (Lipinski definition) is 1. The van der Waals surface area contributed by atoms with Crippen molar-refractivity contribution in [1.82, 2.24) is 4.90 Å². The molecule has 5 rings (SSSR count). The second-order valence-corrected chi connectivity index (χ2v) is 10.3. The highest BCUT2D eigenvalue weighted by Gasteiger charge is 2.77. The maximum atomic E-state index is 14.0. The van der Waals surface area contributed by atoms with Gasteiger partial charge in [0.1, 0.15) is 11.1 Å². The number of nitro groups is 1. The summed E-state index contributed by atoms with van der Waals surface area (Å²) in [5, 5.41) is 15.4. The number of Topliss-reactive ketones (excluding diaryl/α,β-unsaturated/α-hetero) is 1. The Labute approximate surface area is 198 Å². The Hall–Kier alpha value is -3.55. The Kier molecular flexibility index (Phi) is 4.90. The normalized spacial score (nSPS) is 28.1. The summed E-state index contributed by atoms with van der Waals surface area (Å²) in [7, 11) is 0. The fraction of sp³-hybridized carbons (Fsp3) is 0.423. The minimum absolute atomic E-state index is 0.0186. The lowest BCUT2D eigenvalue weighted by Crippen LogP contribution is -2.53. The summed E-state index contributed by atoms with van der Waals surface area (Å²) in [5.74, 6) is -0.300. The molecule has 176 valence electrons. The molecule has 0 radical (unpaired) electrons. The maximum absolute atomic E-state index is 14.0. The lowest BCUT2D eigenvalue weighted by Gasteiger charge is -2.41. The van der Waals surface area contributed by atoms with E-state index in [4.69, 9.17) is 0 Å². The van der Waals surface area contributed by atoms with E-state index >= 15 is 0 Å². The molecule has 8 heteroatoms. The standard InChI is InChI=1S/C26H28N4O4/c1-24(2)25(3)13-14-26(24,23(32)29-15-12-17-6-4-5-7-18(17)16-29)22(31)21(25)28-27-19-8-10-20(11-9-19)30(33)34/h4-11,27H,12-16H2,1-3H3. The van der Waals surface area contributed by atoms with Gasteiger partial charge in [0.2, 0.25) is 5.91 Å². The monoisotopic (exact) mass is 460 g/mol. The van der Waals surface area contributed by atoms with Gasteiger partial charge in [-0.2, -0.15) is 5.10 Å². The first-order valence-electron chi connectivity index (χ1n) is 11.6. The van der Waals surface area contributed by atoms with Crippen molar-refractivity contribution in [2.24, 2.45) is 21.3 Å². The average molecular weight is 461 g/mol.